The summed E-state index contributed by atoms with van der Waals surface area (Å²) in [5.41, 5.74) is -1.16. The molecule has 1 rings (SSSR count). The van der Waals surface area contributed by atoms with Crippen molar-refractivity contribution in [3.05, 3.63) is 0 Å². The molecule has 0 aromatic heterocycles. The summed E-state index contributed by atoms with van der Waals surface area (Å²) in [6.45, 7) is 6.79. The lowest BCUT2D eigenvalue weighted by molar-refractivity contribution is 0.0290. The van der Waals surface area contributed by atoms with E-state index in [1.54, 1.807) is 0 Å². The number of aliphatic hydroxyl groups is 1. The summed E-state index contributed by atoms with van der Waals surface area (Å²) in [7, 11) is 0. The predicted molar refractivity (Wildman–Crippen MR) is 56.7 cm³/mol. The molecule has 1 saturated heterocycles. The van der Waals surface area contributed by atoms with Gasteiger partial charge in [0.25, 0.3) is 0 Å². The summed E-state index contributed by atoms with van der Waals surface area (Å²) < 4.78 is 5.07. The highest BCUT2D eigenvalue weighted by Crippen LogP contribution is 2.16. The average molecular weight is 216 g/mol. The molecule has 1 atom stereocenters. The first-order valence-corrected chi connectivity index (χ1v) is 5.17. The lowest BCUT2D eigenvalue weighted by Gasteiger charge is -2.24. The van der Waals surface area contributed by atoms with E-state index in [-0.39, 0.29) is 18.1 Å². The number of carbonyl (C=O) groups is 1. The van der Waals surface area contributed by atoms with E-state index in [9.17, 15) is 9.90 Å². The zero-order valence-corrected chi connectivity index (χ0v) is 9.59. The van der Waals surface area contributed by atoms with E-state index in [0.29, 0.717) is 19.6 Å². The fraction of sp³-hybridized carbons (Fsp3) is 0.900. The van der Waals surface area contributed by atoms with Crippen molar-refractivity contribution in [1.82, 2.24) is 10.6 Å². The molecule has 15 heavy (non-hydrogen) atoms. The number of ether oxygens (including phenoxy) is 1. The highest BCUT2D eigenvalue weighted by atomic mass is 16.5. The SMILES string of the molecule is CC(C)(C)NC(=O)NC[C@@]1(O)CCOC1. The fourth-order valence-corrected chi connectivity index (χ4v) is 1.37. The van der Waals surface area contributed by atoms with Crippen LogP contribution in [-0.2, 0) is 4.74 Å². The van der Waals surface area contributed by atoms with Gasteiger partial charge in [0, 0.05) is 18.6 Å². The van der Waals surface area contributed by atoms with Gasteiger partial charge < -0.3 is 20.5 Å². The second-order valence-corrected chi connectivity index (χ2v) is 5.08. The Morgan fingerprint density at radius 1 is 1.53 bits per heavy atom. The number of hydrogen-bond donors (Lipinski definition) is 3. The second kappa shape index (κ2) is 4.37. The molecule has 0 aromatic rings. The molecule has 0 unspecified atom stereocenters. The zero-order chi connectivity index (χ0) is 11.5. The van der Waals surface area contributed by atoms with E-state index in [1.165, 1.54) is 0 Å². The van der Waals surface area contributed by atoms with Gasteiger partial charge in [0.15, 0.2) is 0 Å². The van der Waals surface area contributed by atoms with Crippen LogP contribution >= 0.6 is 0 Å². The van der Waals surface area contributed by atoms with Crippen LogP contribution < -0.4 is 10.6 Å². The summed E-state index contributed by atoms with van der Waals surface area (Å²) in [4.78, 5) is 11.4. The maximum absolute atomic E-state index is 11.4. The molecule has 5 nitrogen and oxygen atoms in total. The van der Waals surface area contributed by atoms with Crippen molar-refractivity contribution in [2.24, 2.45) is 0 Å². The van der Waals surface area contributed by atoms with E-state index in [4.69, 9.17) is 4.74 Å². The van der Waals surface area contributed by atoms with Crippen LogP contribution in [0.15, 0.2) is 0 Å². The molecule has 0 saturated carbocycles. The Morgan fingerprint density at radius 2 is 2.20 bits per heavy atom. The van der Waals surface area contributed by atoms with E-state index >= 15 is 0 Å². The zero-order valence-electron chi connectivity index (χ0n) is 9.59. The van der Waals surface area contributed by atoms with Gasteiger partial charge in [0.05, 0.1) is 13.2 Å². The standard InChI is InChI=1S/C10H20N2O3/c1-9(2,3)12-8(13)11-6-10(14)4-5-15-7-10/h14H,4-7H2,1-3H3,(H2,11,12,13)/t10-/m0/s1. The number of urea groups is 1. The molecular formula is C10H20N2O3. The van der Waals surface area contributed by atoms with Gasteiger partial charge in [-0.3, -0.25) is 0 Å². The summed E-state index contributed by atoms with van der Waals surface area (Å²) in [5.74, 6) is 0. The van der Waals surface area contributed by atoms with Crippen molar-refractivity contribution in [3.8, 4) is 0 Å². The number of nitrogens with one attached hydrogen (secondary N) is 2. The minimum Gasteiger partial charge on any atom is -0.386 e. The fourth-order valence-electron chi connectivity index (χ4n) is 1.37. The second-order valence-electron chi connectivity index (χ2n) is 5.08. The van der Waals surface area contributed by atoms with Crippen molar-refractivity contribution in [2.45, 2.75) is 38.3 Å². The molecule has 2 amide bonds. The van der Waals surface area contributed by atoms with Crippen molar-refractivity contribution in [1.29, 1.82) is 0 Å². The van der Waals surface area contributed by atoms with Crippen molar-refractivity contribution < 1.29 is 14.6 Å². The molecule has 0 bridgehead atoms. The lowest BCUT2D eigenvalue weighted by atomic mass is 10.0. The Kier molecular flexibility index (Phi) is 3.57. The van der Waals surface area contributed by atoms with Crippen LogP contribution in [0, 0.1) is 0 Å². The highest BCUT2D eigenvalue weighted by molar-refractivity contribution is 5.74. The van der Waals surface area contributed by atoms with Gasteiger partial charge in [-0.1, -0.05) is 0 Å². The van der Waals surface area contributed by atoms with Gasteiger partial charge in [0.1, 0.15) is 5.60 Å². The first-order valence-electron chi connectivity index (χ1n) is 5.17. The summed E-state index contributed by atoms with van der Waals surface area (Å²) >= 11 is 0. The number of rotatable bonds is 2. The van der Waals surface area contributed by atoms with Crippen LogP contribution in [0.4, 0.5) is 4.79 Å². The molecular weight excluding hydrogens is 196 g/mol. The maximum Gasteiger partial charge on any atom is 0.315 e. The molecule has 1 fully saturated rings. The van der Waals surface area contributed by atoms with Crippen LogP contribution in [0.25, 0.3) is 0 Å². The third-order valence-electron chi connectivity index (χ3n) is 2.15. The maximum atomic E-state index is 11.4. The average Bonchev–Trinajstić information content (AvgIpc) is 2.47. The van der Waals surface area contributed by atoms with Crippen LogP contribution in [0.2, 0.25) is 0 Å². The van der Waals surface area contributed by atoms with Gasteiger partial charge in [-0.25, -0.2) is 4.79 Å². The van der Waals surface area contributed by atoms with Gasteiger partial charge in [-0.15, -0.1) is 0 Å². The Balaban J connectivity index is 2.28. The highest BCUT2D eigenvalue weighted by Gasteiger charge is 2.32. The van der Waals surface area contributed by atoms with Crippen molar-refractivity contribution >= 4 is 6.03 Å². The quantitative estimate of drug-likeness (QED) is 0.619. The Morgan fingerprint density at radius 3 is 2.67 bits per heavy atom. The third kappa shape index (κ3) is 4.48. The molecule has 1 aliphatic rings. The molecule has 3 N–H and O–H groups in total. The van der Waals surface area contributed by atoms with Gasteiger partial charge >= 0.3 is 6.03 Å². The van der Waals surface area contributed by atoms with Gasteiger partial charge in [-0.2, -0.15) is 0 Å². The Labute approximate surface area is 90.2 Å². The van der Waals surface area contributed by atoms with Crippen LogP contribution in [0.3, 0.4) is 0 Å². The number of amides is 2. The molecule has 0 aliphatic carbocycles. The molecule has 0 aromatic carbocycles. The van der Waals surface area contributed by atoms with E-state index in [0.717, 1.165) is 0 Å². The first kappa shape index (κ1) is 12.3. The summed E-state index contributed by atoms with van der Waals surface area (Å²) in [6, 6.07) is -0.261. The molecule has 1 heterocycles. The Bertz CT molecular complexity index is 229. The van der Waals surface area contributed by atoms with Crippen LogP contribution in [-0.4, -0.2) is 42.0 Å². The first-order chi connectivity index (χ1) is 6.81. The minimum atomic E-state index is -0.894. The predicted octanol–water partition coefficient (Wildman–Crippen LogP) is 0.235. The molecule has 0 radical (unpaired) electrons. The summed E-state index contributed by atoms with van der Waals surface area (Å²) in [5, 5.41) is 15.3. The van der Waals surface area contributed by atoms with Crippen LogP contribution in [0.1, 0.15) is 27.2 Å². The monoisotopic (exact) mass is 216 g/mol. The number of carbonyl (C=O) groups excluding carboxylic acids is 1. The van der Waals surface area contributed by atoms with E-state index < -0.39 is 5.60 Å². The minimum absolute atomic E-state index is 0.231. The van der Waals surface area contributed by atoms with Crippen molar-refractivity contribution in [2.75, 3.05) is 19.8 Å². The molecule has 1 aliphatic heterocycles. The smallest absolute Gasteiger partial charge is 0.315 e. The number of hydrogen-bond acceptors (Lipinski definition) is 3. The van der Waals surface area contributed by atoms with Gasteiger partial charge in [-0.05, 0) is 20.8 Å². The van der Waals surface area contributed by atoms with E-state index in [2.05, 4.69) is 10.6 Å². The van der Waals surface area contributed by atoms with E-state index in [1.807, 2.05) is 20.8 Å². The third-order valence-corrected chi connectivity index (χ3v) is 2.15. The topological polar surface area (TPSA) is 70.6 Å². The lowest BCUT2D eigenvalue weighted by Crippen LogP contribution is -2.51. The molecule has 0 spiro atoms. The molecule has 5 heteroatoms. The normalized spacial score (nSPS) is 26.4. The summed E-state index contributed by atoms with van der Waals surface area (Å²) in [6.07, 6.45) is 0.572. The molecule has 88 valence electrons. The van der Waals surface area contributed by atoms with Crippen molar-refractivity contribution in [3.63, 3.8) is 0 Å². The van der Waals surface area contributed by atoms with Gasteiger partial charge in [0.2, 0.25) is 0 Å². The largest absolute Gasteiger partial charge is 0.386 e. The van der Waals surface area contributed by atoms with Crippen LogP contribution in [0.5, 0.6) is 0 Å². The Hall–Kier alpha value is -0.810.